The first kappa shape index (κ1) is 28.9. The van der Waals surface area contributed by atoms with E-state index in [0.29, 0.717) is 22.4 Å². The van der Waals surface area contributed by atoms with E-state index in [2.05, 4.69) is 51.1 Å². The van der Waals surface area contributed by atoms with E-state index in [0.717, 1.165) is 38.7 Å². The van der Waals surface area contributed by atoms with Crippen LogP contribution in [0.25, 0.3) is 55.2 Å². The Kier molecular flexibility index (Phi) is 6.81. The van der Waals surface area contributed by atoms with Gasteiger partial charge in [-0.1, -0.05) is 101 Å². The minimum atomic E-state index is -2.72. The molecule has 49 heavy (non-hydrogen) atoms. The molecule has 0 saturated heterocycles. The van der Waals surface area contributed by atoms with E-state index in [1.54, 1.807) is 6.07 Å². The van der Waals surface area contributed by atoms with Crippen molar-refractivity contribution in [3.05, 3.63) is 114 Å². The van der Waals surface area contributed by atoms with Crippen molar-refractivity contribution < 1.29 is 29.9 Å². The summed E-state index contributed by atoms with van der Waals surface area (Å²) < 4.78 is 36.1. The molecule has 244 valence electrons. The monoisotopic (exact) mass is 824 g/mol. The van der Waals surface area contributed by atoms with Crippen molar-refractivity contribution in [2.45, 2.75) is 59.2 Å². The number of para-hydroxylation sites is 3. The Balaban J connectivity index is 0.00000420. The van der Waals surface area contributed by atoms with E-state index in [4.69, 9.17) is 23.8 Å². The summed E-state index contributed by atoms with van der Waals surface area (Å²) in [6, 6.07) is 32.4. The van der Waals surface area contributed by atoms with Gasteiger partial charge in [-0.05, 0) is 46.7 Å². The van der Waals surface area contributed by atoms with Crippen LogP contribution >= 0.6 is 0 Å². The SMILES string of the molecule is [2H]C([2H])([2H])c1c(Oc2[c-]c3c(cc2)c2ccccc2n3-c2cc(C(C)(C)C)ccn2)[c-]c2c(nc(C(C)(C)C)n3c4ccccc4nc23)c1C#N.[Pt+2]. The summed E-state index contributed by atoms with van der Waals surface area (Å²) in [4.78, 5) is 14.7. The van der Waals surface area contributed by atoms with Gasteiger partial charge in [-0.25, -0.2) is 4.98 Å². The third-order valence-corrected chi connectivity index (χ3v) is 8.80. The van der Waals surface area contributed by atoms with Gasteiger partial charge in [-0.3, -0.25) is 9.97 Å². The van der Waals surface area contributed by atoms with Crippen LogP contribution in [0, 0.1) is 30.3 Å². The molecule has 4 heterocycles. The van der Waals surface area contributed by atoms with E-state index in [-0.39, 0.29) is 54.6 Å². The molecule has 8 aromatic rings. The van der Waals surface area contributed by atoms with Crippen molar-refractivity contribution in [3.63, 3.8) is 0 Å². The van der Waals surface area contributed by atoms with Crippen molar-refractivity contribution in [2.24, 2.45) is 0 Å². The van der Waals surface area contributed by atoms with Gasteiger partial charge in [0.2, 0.25) is 0 Å². The Bertz CT molecular complexity index is 2760. The third kappa shape index (κ3) is 5.18. The molecule has 0 bridgehead atoms. The van der Waals surface area contributed by atoms with E-state index >= 15 is 0 Å². The second-order valence-electron chi connectivity index (χ2n) is 14.2. The molecular formula is C41H34N6OPt. The number of hydrogen-bond acceptors (Lipinski definition) is 5. The zero-order valence-electron chi connectivity index (χ0n) is 30.9. The molecule has 0 N–H and O–H groups in total. The molecule has 0 spiro atoms. The Labute approximate surface area is 303 Å². The van der Waals surface area contributed by atoms with Crippen LogP contribution in [0.2, 0.25) is 0 Å². The van der Waals surface area contributed by atoms with E-state index in [1.165, 1.54) is 0 Å². The maximum Gasteiger partial charge on any atom is 2.00 e. The first-order valence-electron chi connectivity index (χ1n) is 17.4. The number of fused-ring (bicyclic) bond motifs is 8. The predicted molar refractivity (Wildman–Crippen MR) is 191 cm³/mol. The smallest absolute Gasteiger partial charge is 0.503 e. The Morgan fingerprint density at radius 3 is 2.35 bits per heavy atom. The molecular weight excluding hydrogens is 788 g/mol. The van der Waals surface area contributed by atoms with Crippen LogP contribution in [0.4, 0.5) is 0 Å². The minimum absolute atomic E-state index is 0. The summed E-state index contributed by atoms with van der Waals surface area (Å²) in [6.07, 6.45) is 1.81. The number of imidazole rings is 1. The van der Waals surface area contributed by atoms with Crippen LogP contribution < -0.4 is 4.74 Å². The molecule has 0 saturated carbocycles. The number of benzene rings is 4. The Morgan fingerprint density at radius 2 is 1.61 bits per heavy atom. The normalized spacial score (nSPS) is 13.4. The topological polar surface area (TPSA) is 81.0 Å². The zero-order chi connectivity index (χ0) is 36.0. The van der Waals surface area contributed by atoms with Gasteiger partial charge in [0.1, 0.15) is 11.6 Å². The van der Waals surface area contributed by atoms with Gasteiger partial charge in [-0.2, -0.15) is 11.3 Å². The van der Waals surface area contributed by atoms with Gasteiger partial charge in [-0.15, -0.1) is 17.5 Å². The molecule has 0 aliphatic carbocycles. The molecule has 0 atom stereocenters. The van der Waals surface area contributed by atoms with E-state index in [1.807, 2.05) is 90.5 Å². The molecule has 0 aliphatic rings. The molecule has 0 aliphatic heterocycles. The first-order chi connectivity index (χ1) is 24.1. The third-order valence-electron chi connectivity index (χ3n) is 8.80. The van der Waals surface area contributed by atoms with Crippen molar-refractivity contribution in [3.8, 4) is 23.4 Å². The molecule has 4 aromatic heterocycles. The Morgan fingerprint density at radius 1 is 0.857 bits per heavy atom. The molecule has 0 radical (unpaired) electrons. The summed E-state index contributed by atoms with van der Waals surface area (Å²) in [6.45, 7) is 9.82. The maximum atomic E-state index is 10.6. The quantitative estimate of drug-likeness (QED) is 0.166. The number of hydrogen-bond donors (Lipinski definition) is 0. The summed E-state index contributed by atoms with van der Waals surface area (Å²) >= 11 is 0. The zero-order valence-corrected chi connectivity index (χ0v) is 30.2. The predicted octanol–water partition coefficient (Wildman–Crippen LogP) is 9.69. The number of aromatic nitrogens is 5. The van der Waals surface area contributed by atoms with Crippen molar-refractivity contribution in [1.29, 1.82) is 5.26 Å². The largest absolute Gasteiger partial charge is 2.00 e. The van der Waals surface area contributed by atoms with Crippen molar-refractivity contribution in [2.75, 3.05) is 0 Å². The summed E-state index contributed by atoms with van der Waals surface area (Å²) in [7, 11) is 0. The second kappa shape index (κ2) is 11.5. The molecule has 8 heteroatoms. The van der Waals surface area contributed by atoms with E-state index in [9.17, 15) is 5.26 Å². The molecule has 0 fully saturated rings. The fourth-order valence-corrected chi connectivity index (χ4v) is 6.41. The number of nitriles is 1. The van der Waals surface area contributed by atoms with Gasteiger partial charge in [0, 0.05) is 43.8 Å². The summed E-state index contributed by atoms with van der Waals surface area (Å²) in [5.41, 5.74) is 4.16. The number of rotatable bonds is 3. The number of ether oxygens (including phenoxy) is 1. The van der Waals surface area contributed by atoms with Crippen LogP contribution in [0.1, 0.15) is 68.2 Å². The summed E-state index contributed by atoms with van der Waals surface area (Å²) in [5, 5.41) is 12.9. The molecule has 7 nitrogen and oxygen atoms in total. The van der Waals surface area contributed by atoms with Gasteiger partial charge < -0.3 is 13.7 Å². The van der Waals surface area contributed by atoms with Crippen molar-refractivity contribution >= 4 is 49.4 Å². The van der Waals surface area contributed by atoms with Crippen LogP contribution in [-0.4, -0.2) is 23.9 Å². The average molecular weight is 825 g/mol. The molecule has 0 amide bonds. The number of pyridine rings is 1. The first-order valence-corrected chi connectivity index (χ1v) is 15.9. The van der Waals surface area contributed by atoms with Crippen LogP contribution in [0.5, 0.6) is 11.5 Å². The minimum Gasteiger partial charge on any atom is -0.503 e. The van der Waals surface area contributed by atoms with Gasteiger partial charge >= 0.3 is 21.1 Å². The fraction of sp³-hybridized carbons (Fsp3) is 0.220. The van der Waals surface area contributed by atoms with E-state index < -0.39 is 12.3 Å². The number of nitrogens with zero attached hydrogens (tertiary/aromatic N) is 6. The summed E-state index contributed by atoms with van der Waals surface area (Å²) in [5.74, 6) is 1.52. The van der Waals surface area contributed by atoms with Crippen molar-refractivity contribution in [1.82, 2.24) is 23.9 Å². The molecule has 0 unspecified atom stereocenters. The van der Waals surface area contributed by atoms with Gasteiger partial charge in [0.15, 0.2) is 0 Å². The maximum absolute atomic E-state index is 10.6. The molecule has 4 aromatic carbocycles. The average Bonchev–Trinajstić information content (AvgIpc) is 3.62. The second-order valence-corrected chi connectivity index (χ2v) is 14.2. The van der Waals surface area contributed by atoms with Crippen LogP contribution in [0.15, 0.2) is 79.0 Å². The van der Waals surface area contributed by atoms with Crippen LogP contribution in [0.3, 0.4) is 0 Å². The van der Waals surface area contributed by atoms with Crippen LogP contribution in [-0.2, 0) is 31.9 Å². The fourth-order valence-electron chi connectivity index (χ4n) is 6.41. The van der Waals surface area contributed by atoms with Gasteiger partial charge in [0.25, 0.3) is 0 Å². The molecule has 8 rings (SSSR count). The Hall–Kier alpha value is -5.05. The standard InChI is InChI=1S/C41H34N6O.Pt/c1-24-30(23-42)37-29(38-44-31-13-9-11-15-33(31)47(38)39(45-37)41(5,6)7)22-35(24)48-26-16-17-28-27-12-8-10-14-32(27)46(34(28)21-26)36-20-25(18-19-43-36)40(2,3)4;/h8-20H,1-7H3;/q-2;+2/i1D3;. The van der Waals surface area contributed by atoms with Gasteiger partial charge in [0.05, 0.1) is 22.7 Å².